The molecule has 2 aromatic carbocycles. The first kappa shape index (κ1) is 21.6. The van der Waals surface area contributed by atoms with Crippen LogP contribution in [-0.4, -0.2) is 22.2 Å². The quantitative estimate of drug-likeness (QED) is 0.621. The Bertz CT molecular complexity index is 1050. The van der Waals surface area contributed by atoms with Gasteiger partial charge >= 0.3 is 6.18 Å². The number of alkyl halides is 3. The van der Waals surface area contributed by atoms with Crippen LogP contribution >= 0.6 is 0 Å². The Kier molecular flexibility index (Phi) is 5.74. The maximum atomic E-state index is 13.0. The van der Waals surface area contributed by atoms with Crippen molar-refractivity contribution in [3.8, 4) is 5.69 Å². The summed E-state index contributed by atoms with van der Waals surface area (Å²) in [6.07, 6.45) is -4.41. The van der Waals surface area contributed by atoms with Crippen LogP contribution in [0.15, 0.2) is 54.6 Å². The van der Waals surface area contributed by atoms with Crippen molar-refractivity contribution in [1.82, 2.24) is 15.1 Å². The summed E-state index contributed by atoms with van der Waals surface area (Å²) in [5.74, 6) is -0.299. The summed E-state index contributed by atoms with van der Waals surface area (Å²) in [5.41, 5.74) is 1.73. The van der Waals surface area contributed by atoms with Crippen LogP contribution in [0.5, 0.6) is 0 Å². The molecular formula is C23H24F3N3O. The van der Waals surface area contributed by atoms with Crippen LogP contribution in [0, 0.1) is 13.8 Å². The van der Waals surface area contributed by atoms with Crippen LogP contribution in [0.1, 0.15) is 46.7 Å². The molecule has 0 fully saturated rings. The Labute approximate surface area is 173 Å². The first-order chi connectivity index (χ1) is 14.0. The molecule has 1 aromatic heterocycles. The molecule has 30 heavy (non-hydrogen) atoms. The number of aryl methyl sites for hydroxylation is 1. The fourth-order valence-corrected chi connectivity index (χ4v) is 3.40. The summed E-state index contributed by atoms with van der Waals surface area (Å²) in [7, 11) is 0. The molecule has 3 aromatic rings. The zero-order valence-corrected chi connectivity index (χ0v) is 17.3. The Balaban J connectivity index is 1.80. The van der Waals surface area contributed by atoms with E-state index in [0.29, 0.717) is 22.5 Å². The van der Waals surface area contributed by atoms with Crippen molar-refractivity contribution in [2.24, 2.45) is 0 Å². The van der Waals surface area contributed by atoms with E-state index >= 15 is 0 Å². The van der Waals surface area contributed by atoms with Gasteiger partial charge in [-0.25, -0.2) is 4.68 Å². The van der Waals surface area contributed by atoms with Crippen molar-refractivity contribution >= 4 is 5.91 Å². The molecule has 0 atom stereocenters. The molecule has 1 amide bonds. The maximum absolute atomic E-state index is 13.0. The highest BCUT2D eigenvalue weighted by atomic mass is 19.4. The van der Waals surface area contributed by atoms with Gasteiger partial charge in [-0.15, -0.1) is 0 Å². The van der Waals surface area contributed by atoms with Gasteiger partial charge in [-0.05, 0) is 37.6 Å². The third-order valence-electron chi connectivity index (χ3n) is 5.18. The van der Waals surface area contributed by atoms with Crippen molar-refractivity contribution in [2.45, 2.75) is 39.3 Å². The molecule has 0 saturated carbocycles. The van der Waals surface area contributed by atoms with E-state index in [1.54, 1.807) is 31.5 Å². The van der Waals surface area contributed by atoms with Gasteiger partial charge in [-0.2, -0.15) is 18.3 Å². The lowest BCUT2D eigenvalue weighted by Crippen LogP contribution is -2.37. The minimum absolute atomic E-state index is 0.183. The fraction of sp³-hybridized carbons (Fsp3) is 0.304. The second-order valence-electron chi connectivity index (χ2n) is 7.94. The second-order valence-corrected chi connectivity index (χ2v) is 7.94. The molecule has 0 aliphatic heterocycles. The SMILES string of the molecule is Cc1nn(-c2ccccc2)c(C)c1C(=O)NCC(C)(C)c1cccc(C(F)(F)F)c1. The van der Waals surface area contributed by atoms with Gasteiger partial charge in [0.15, 0.2) is 0 Å². The molecule has 0 saturated heterocycles. The van der Waals surface area contributed by atoms with Gasteiger partial charge in [-0.3, -0.25) is 4.79 Å². The van der Waals surface area contributed by atoms with Crippen LogP contribution in [0.2, 0.25) is 0 Å². The zero-order valence-electron chi connectivity index (χ0n) is 17.3. The fourth-order valence-electron chi connectivity index (χ4n) is 3.40. The highest BCUT2D eigenvalue weighted by molar-refractivity contribution is 5.96. The first-order valence-corrected chi connectivity index (χ1v) is 9.58. The number of aromatic nitrogens is 2. The predicted octanol–water partition coefficient (Wildman–Crippen LogP) is 5.22. The number of carbonyl (C=O) groups is 1. The smallest absolute Gasteiger partial charge is 0.351 e. The summed E-state index contributed by atoms with van der Waals surface area (Å²) in [4.78, 5) is 12.9. The van der Waals surface area contributed by atoms with Crippen molar-refractivity contribution in [2.75, 3.05) is 6.54 Å². The van der Waals surface area contributed by atoms with Gasteiger partial charge in [0.1, 0.15) is 0 Å². The lowest BCUT2D eigenvalue weighted by atomic mass is 9.83. The predicted molar refractivity (Wildman–Crippen MR) is 110 cm³/mol. The third kappa shape index (κ3) is 4.40. The highest BCUT2D eigenvalue weighted by Crippen LogP contribution is 2.32. The molecular weight excluding hydrogens is 391 g/mol. The minimum Gasteiger partial charge on any atom is -0.351 e. The summed E-state index contributed by atoms with van der Waals surface area (Å²) >= 11 is 0. The highest BCUT2D eigenvalue weighted by Gasteiger charge is 2.32. The maximum Gasteiger partial charge on any atom is 0.416 e. The Hall–Kier alpha value is -3.09. The molecule has 0 unspecified atom stereocenters. The number of carbonyl (C=O) groups excluding carboxylic acids is 1. The van der Waals surface area contributed by atoms with Crippen molar-refractivity contribution in [1.29, 1.82) is 0 Å². The molecule has 0 radical (unpaired) electrons. The van der Waals surface area contributed by atoms with Gasteiger partial charge in [0.05, 0.1) is 28.2 Å². The number of nitrogens with zero attached hydrogens (tertiary/aromatic N) is 2. The van der Waals surface area contributed by atoms with Gasteiger partial charge in [0.2, 0.25) is 0 Å². The zero-order chi connectivity index (χ0) is 22.1. The van der Waals surface area contributed by atoms with E-state index in [0.717, 1.165) is 17.8 Å². The van der Waals surface area contributed by atoms with E-state index in [4.69, 9.17) is 0 Å². The second kappa shape index (κ2) is 7.97. The van der Waals surface area contributed by atoms with Crippen molar-refractivity contribution < 1.29 is 18.0 Å². The van der Waals surface area contributed by atoms with E-state index in [1.165, 1.54) is 6.07 Å². The molecule has 4 nitrogen and oxygen atoms in total. The monoisotopic (exact) mass is 415 g/mol. The van der Waals surface area contributed by atoms with Crippen LogP contribution in [-0.2, 0) is 11.6 Å². The number of para-hydroxylation sites is 1. The average Bonchev–Trinajstić information content (AvgIpc) is 3.00. The Morgan fingerprint density at radius 3 is 2.27 bits per heavy atom. The summed E-state index contributed by atoms with van der Waals surface area (Å²) in [6, 6.07) is 14.7. The summed E-state index contributed by atoms with van der Waals surface area (Å²) in [6.45, 7) is 7.37. The number of hydrogen-bond donors (Lipinski definition) is 1. The Morgan fingerprint density at radius 1 is 1.00 bits per heavy atom. The van der Waals surface area contributed by atoms with Crippen LogP contribution in [0.4, 0.5) is 13.2 Å². The molecule has 0 aliphatic carbocycles. The molecule has 0 aliphatic rings. The molecule has 7 heteroatoms. The molecule has 1 heterocycles. The Morgan fingerprint density at radius 2 is 1.63 bits per heavy atom. The van der Waals surface area contributed by atoms with E-state index in [1.807, 2.05) is 37.3 Å². The number of nitrogens with one attached hydrogen (secondary N) is 1. The summed E-state index contributed by atoms with van der Waals surface area (Å²) in [5, 5.41) is 7.34. The van der Waals surface area contributed by atoms with E-state index in [-0.39, 0.29) is 12.5 Å². The number of hydrogen-bond acceptors (Lipinski definition) is 2. The van der Waals surface area contributed by atoms with E-state index in [9.17, 15) is 18.0 Å². The topological polar surface area (TPSA) is 46.9 Å². The van der Waals surface area contributed by atoms with Crippen molar-refractivity contribution in [3.05, 3.63) is 82.7 Å². The number of rotatable bonds is 5. The van der Waals surface area contributed by atoms with Gasteiger partial charge in [0.25, 0.3) is 5.91 Å². The van der Waals surface area contributed by atoms with Gasteiger partial charge in [0, 0.05) is 12.0 Å². The van der Waals surface area contributed by atoms with Gasteiger partial charge in [-0.1, -0.05) is 50.2 Å². The van der Waals surface area contributed by atoms with Crippen molar-refractivity contribution in [3.63, 3.8) is 0 Å². The summed E-state index contributed by atoms with van der Waals surface area (Å²) < 4.78 is 40.8. The molecule has 158 valence electrons. The van der Waals surface area contributed by atoms with Crippen LogP contribution in [0.25, 0.3) is 5.69 Å². The van der Waals surface area contributed by atoms with E-state index in [2.05, 4.69) is 10.4 Å². The molecule has 0 bridgehead atoms. The van der Waals surface area contributed by atoms with Crippen LogP contribution in [0.3, 0.4) is 0 Å². The molecule has 1 N–H and O–H groups in total. The number of benzene rings is 2. The van der Waals surface area contributed by atoms with Crippen LogP contribution < -0.4 is 5.32 Å². The number of amides is 1. The van der Waals surface area contributed by atoms with E-state index < -0.39 is 17.2 Å². The minimum atomic E-state index is -4.41. The number of halogens is 3. The van der Waals surface area contributed by atoms with Gasteiger partial charge < -0.3 is 5.32 Å². The standard InChI is InChI=1S/C23H24F3N3O/c1-15-20(16(2)29(28-15)19-11-6-5-7-12-19)21(30)27-14-22(3,4)17-9-8-10-18(13-17)23(24,25)26/h5-13H,14H2,1-4H3,(H,27,30). The lowest BCUT2D eigenvalue weighted by Gasteiger charge is -2.26. The largest absolute Gasteiger partial charge is 0.416 e. The normalized spacial score (nSPS) is 12.1. The first-order valence-electron chi connectivity index (χ1n) is 9.58. The third-order valence-corrected chi connectivity index (χ3v) is 5.18. The average molecular weight is 415 g/mol. The lowest BCUT2D eigenvalue weighted by molar-refractivity contribution is -0.137. The molecule has 0 spiro atoms. The molecule has 3 rings (SSSR count).